The molecule has 11 heavy (non-hydrogen) atoms. The minimum absolute atomic E-state index is 0.0905. The van der Waals surface area contributed by atoms with Gasteiger partial charge in [0.05, 0.1) is 6.10 Å². The summed E-state index contributed by atoms with van der Waals surface area (Å²) in [4.78, 5) is 20.0. The van der Waals surface area contributed by atoms with E-state index in [1.165, 1.54) is 0 Å². The lowest BCUT2D eigenvalue weighted by Crippen LogP contribution is -2.14. The van der Waals surface area contributed by atoms with Crippen LogP contribution in [0.15, 0.2) is 5.18 Å². The molecule has 0 bridgehead atoms. The third kappa shape index (κ3) is 5.63. The smallest absolute Gasteiger partial charge is 0.158 e. The van der Waals surface area contributed by atoms with Gasteiger partial charge >= 0.3 is 0 Å². The minimum atomic E-state index is -0.858. The average Bonchev–Trinajstić information content (AvgIpc) is 2.01. The molecule has 0 spiro atoms. The molecule has 0 saturated heterocycles. The van der Waals surface area contributed by atoms with Crippen LogP contribution in [0, 0.1) is 4.91 Å². The Morgan fingerprint density at radius 1 is 1.55 bits per heavy atom. The fourth-order valence-corrected chi connectivity index (χ4v) is 0.584. The number of hydrogen-bond acceptors (Lipinski definition) is 5. The number of nitroso groups, excluding NO2 is 1. The minimum Gasteiger partial charge on any atom is -0.391 e. The zero-order valence-electron chi connectivity index (χ0n) is 6.06. The monoisotopic (exact) mass is 161 g/mol. The molecule has 5 heteroatoms. The summed E-state index contributed by atoms with van der Waals surface area (Å²) in [5.41, 5.74) is 0. The van der Waals surface area contributed by atoms with Crippen molar-refractivity contribution in [1.29, 1.82) is 0 Å². The molecule has 64 valence electrons. The Balaban J connectivity index is 3.36. The van der Waals surface area contributed by atoms with Gasteiger partial charge in [0.1, 0.15) is 13.2 Å². The van der Waals surface area contributed by atoms with Crippen LogP contribution in [0.2, 0.25) is 0 Å². The molecule has 0 aliphatic carbocycles. The standard InChI is InChI=1S/C6H11NO4/c8-4-6(10)2-1-5(9)3-7-11/h5,8-9H,1-4H2. The Morgan fingerprint density at radius 2 is 2.18 bits per heavy atom. The van der Waals surface area contributed by atoms with E-state index in [1.54, 1.807) is 0 Å². The number of carbonyl (C=O) groups is 1. The zero-order chi connectivity index (χ0) is 8.69. The summed E-state index contributed by atoms with van der Waals surface area (Å²) in [5.74, 6) is -0.338. The molecule has 0 radical (unpaired) electrons. The van der Waals surface area contributed by atoms with Gasteiger partial charge in [-0.25, -0.2) is 0 Å². The lowest BCUT2D eigenvalue weighted by molar-refractivity contribution is -0.122. The first-order chi connectivity index (χ1) is 5.20. The first kappa shape index (κ1) is 10.2. The van der Waals surface area contributed by atoms with Gasteiger partial charge in [0.2, 0.25) is 0 Å². The summed E-state index contributed by atoms with van der Waals surface area (Å²) in [6, 6.07) is 0. The van der Waals surface area contributed by atoms with Crippen molar-refractivity contribution >= 4 is 5.78 Å². The maximum absolute atomic E-state index is 10.5. The molecule has 2 N–H and O–H groups in total. The van der Waals surface area contributed by atoms with Crippen LogP contribution < -0.4 is 0 Å². The lowest BCUT2D eigenvalue weighted by atomic mass is 10.1. The molecular weight excluding hydrogens is 150 g/mol. The number of aliphatic hydroxyl groups excluding tert-OH is 2. The van der Waals surface area contributed by atoms with Crippen LogP contribution in [0.25, 0.3) is 0 Å². The van der Waals surface area contributed by atoms with Gasteiger partial charge in [-0.3, -0.25) is 4.79 Å². The molecule has 0 aromatic rings. The average molecular weight is 161 g/mol. The SMILES string of the molecule is O=NCC(O)CCC(=O)CO. The predicted octanol–water partition coefficient (Wildman–Crippen LogP) is -0.545. The highest BCUT2D eigenvalue weighted by Crippen LogP contribution is 1.97. The number of hydrogen-bond donors (Lipinski definition) is 2. The quantitative estimate of drug-likeness (QED) is 0.512. The summed E-state index contributed by atoms with van der Waals surface area (Å²) in [6.07, 6.45) is -0.582. The predicted molar refractivity (Wildman–Crippen MR) is 38.0 cm³/mol. The van der Waals surface area contributed by atoms with E-state index in [0.717, 1.165) is 0 Å². The molecule has 0 aliphatic rings. The Morgan fingerprint density at radius 3 is 2.64 bits per heavy atom. The third-order valence-electron chi connectivity index (χ3n) is 1.22. The first-order valence-corrected chi connectivity index (χ1v) is 3.30. The van der Waals surface area contributed by atoms with Crippen LogP contribution in [-0.4, -0.2) is 35.3 Å². The van der Waals surface area contributed by atoms with E-state index in [9.17, 15) is 9.70 Å². The molecule has 1 unspecified atom stereocenters. The van der Waals surface area contributed by atoms with Crippen molar-refractivity contribution in [3.05, 3.63) is 4.91 Å². The zero-order valence-corrected chi connectivity index (χ0v) is 6.06. The number of carbonyl (C=O) groups excluding carboxylic acids is 1. The van der Waals surface area contributed by atoms with Gasteiger partial charge in [-0.15, -0.1) is 0 Å². The molecule has 0 fully saturated rings. The van der Waals surface area contributed by atoms with Gasteiger partial charge < -0.3 is 10.2 Å². The maximum atomic E-state index is 10.5. The summed E-state index contributed by atoms with van der Waals surface area (Å²) in [5, 5.41) is 19.6. The van der Waals surface area contributed by atoms with Crippen molar-refractivity contribution in [3.8, 4) is 0 Å². The number of ketones is 1. The Hall–Kier alpha value is -0.810. The van der Waals surface area contributed by atoms with Crippen LogP contribution >= 0.6 is 0 Å². The van der Waals surface area contributed by atoms with E-state index in [4.69, 9.17) is 10.2 Å². The van der Waals surface area contributed by atoms with E-state index in [0.29, 0.717) is 0 Å². The summed E-state index contributed by atoms with van der Waals surface area (Å²) in [7, 11) is 0. The van der Waals surface area contributed by atoms with Crippen LogP contribution in [0.1, 0.15) is 12.8 Å². The topological polar surface area (TPSA) is 87.0 Å². The number of nitrogens with zero attached hydrogens (tertiary/aromatic N) is 1. The molecule has 0 amide bonds. The molecule has 0 heterocycles. The fourth-order valence-electron chi connectivity index (χ4n) is 0.584. The Kier molecular flexibility index (Phi) is 5.50. The molecule has 0 saturated carbocycles. The van der Waals surface area contributed by atoms with Crippen LogP contribution in [0.4, 0.5) is 0 Å². The molecular formula is C6H11NO4. The van der Waals surface area contributed by atoms with E-state index in [-0.39, 0.29) is 25.2 Å². The van der Waals surface area contributed by atoms with E-state index in [2.05, 4.69) is 5.18 Å². The van der Waals surface area contributed by atoms with E-state index in [1.807, 2.05) is 0 Å². The molecule has 0 aliphatic heterocycles. The number of aliphatic hydroxyl groups is 2. The first-order valence-electron chi connectivity index (χ1n) is 3.30. The normalized spacial score (nSPS) is 12.5. The van der Waals surface area contributed by atoms with Gasteiger partial charge in [-0.05, 0) is 6.42 Å². The van der Waals surface area contributed by atoms with Crippen molar-refractivity contribution in [2.24, 2.45) is 5.18 Å². The highest BCUT2D eigenvalue weighted by atomic mass is 16.3. The van der Waals surface area contributed by atoms with E-state index >= 15 is 0 Å². The van der Waals surface area contributed by atoms with Gasteiger partial charge in [0.15, 0.2) is 5.78 Å². The van der Waals surface area contributed by atoms with Crippen molar-refractivity contribution < 1.29 is 15.0 Å². The number of rotatable bonds is 6. The van der Waals surface area contributed by atoms with Gasteiger partial charge in [0, 0.05) is 6.42 Å². The van der Waals surface area contributed by atoms with Crippen molar-refractivity contribution in [2.75, 3.05) is 13.2 Å². The molecule has 5 nitrogen and oxygen atoms in total. The van der Waals surface area contributed by atoms with Crippen molar-refractivity contribution in [3.63, 3.8) is 0 Å². The van der Waals surface area contributed by atoms with Gasteiger partial charge in [0.25, 0.3) is 0 Å². The van der Waals surface area contributed by atoms with Crippen LogP contribution in [0.3, 0.4) is 0 Å². The van der Waals surface area contributed by atoms with Crippen LogP contribution in [0.5, 0.6) is 0 Å². The summed E-state index contributed by atoms with van der Waals surface area (Å²) in [6.45, 7) is -0.708. The second-order valence-electron chi connectivity index (χ2n) is 2.20. The molecule has 0 rings (SSSR count). The van der Waals surface area contributed by atoms with Crippen molar-refractivity contribution in [2.45, 2.75) is 18.9 Å². The summed E-state index contributed by atoms with van der Waals surface area (Å²) < 4.78 is 0. The molecule has 1 atom stereocenters. The lowest BCUT2D eigenvalue weighted by Gasteiger charge is -2.02. The fraction of sp³-hybridized carbons (Fsp3) is 0.833. The molecule has 0 aromatic carbocycles. The largest absolute Gasteiger partial charge is 0.391 e. The maximum Gasteiger partial charge on any atom is 0.158 e. The number of Topliss-reactive ketones (excluding diaryl/α,β-unsaturated/α-hetero) is 1. The Bertz CT molecular complexity index is 137. The molecule has 0 aromatic heterocycles. The highest BCUT2D eigenvalue weighted by molar-refractivity contribution is 5.79. The third-order valence-corrected chi connectivity index (χ3v) is 1.22. The highest BCUT2D eigenvalue weighted by Gasteiger charge is 2.06. The summed E-state index contributed by atoms with van der Waals surface area (Å²) >= 11 is 0. The van der Waals surface area contributed by atoms with Crippen LogP contribution in [-0.2, 0) is 4.79 Å². The second kappa shape index (κ2) is 5.94. The van der Waals surface area contributed by atoms with Gasteiger partial charge in [-0.2, -0.15) is 4.91 Å². The second-order valence-corrected chi connectivity index (χ2v) is 2.20. The van der Waals surface area contributed by atoms with E-state index < -0.39 is 12.7 Å². The van der Waals surface area contributed by atoms with Gasteiger partial charge in [-0.1, -0.05) is 5.18 Å². The van der Waals surface area contributed by atoms with Crippen molar-refractivity contribution in [1.82, 2.24) is 0 Å². The Labute approximate surface area is 64.0 Å².